The van der Waals surface area contributed by atoms with Crippen LogP contribution in [-0.2, 0) is 14.2 Å². The number of ether oxygens (including phenoxy) is 3. The van der Waals surface area contributed by atoms with E-state index < -0.39 is 74.3 Å². The molecule has 0 aromatic rings. The van der Waals surface area contributed by atoms with Crippen LogP contribution in [0.4, 0.5) is 0 Å². The van der Waals surface area contributed by atoms with Gasteiger partial charge in [-0.3, -0.25) is 0 Å². The molecule has 10 heteroatoms. The van der Waals surface area contributed by atoms with Crippen molar-refractivity contribution in [3.63, 3.8) is 0 Å². The number of methoxy groups -OCH3 is 1. The van der Waals surface area contributed by atoms with Gasteiger partial charge in [0, 0.05) is 13.0 Å². The molecule has 10 nitrogen and oxygen atoms in total. The van der Waals surface area contributed by atoms with Crippen molar-refractivity contribution in [3.05, 3.63) is 0 Å². The highest BCUT2D eigenvalue weighted by atomic mass is 16.7. The third-order valence-electron chi connectivity index (χ3n) is 4.76. The van der Waals surface area contributed by atoms with Crippen molar-refractivity contribution in [2.45, 2.75) is 61.5 Å². The maximum absolute atomic E-state index is 10.3. The van der Waals surface area contributed by atoms with Gasteiger partial charge in [0.1, 0.15) is 30.5 Å². The minimum absolute atomic E-state index is 0.0820. The van der Waals surface area contributed by atoms with Crippen LogP contribution in [0.15, 0.2) is 0 Å². The maximum Gasteiger partial charge on any atom is 0.186 e. The Morgan fingerprint density at radius 1 is 0.708 bits per heavy atom. The Morgan fingerprint density at radius 2 is 1.29 bits per heavy atom. The summed E-state index contributed by atoms with van der Waals surface area (Å²) < 4.78 is 15.7. The van der Waals surface area contributed by atoms with E-state index in [0.717, 1.165) is 0 Å². The molecular weight excluding hydrogens is 328 g/mol. The Hall–Kier alpha value is -0.400. The monoisotopic (exact) mass is 354 g/mol. The van der Waals surface area contributed by atoms with Gasteiger partial charge in [-0.1, -0.05) is 0 Å². The normalized spacial score (nSPS) is 50.0. The molecule has 0 saturated carbocycles. The molecule has 0 aromatic carbocycles. The topological polar surface area (TPSA) is 169 Å². The molecule has 10 atom stereocenters. The van der Waals surface area contributed by atoms with Crippen LogP contribution in [0.2, 0.25) is 0 Å². The molecule has 0 amide bonds. The van der Waals surface area contributed by atoms with Gasteiger partial charge in [0.05, 0.1) is 31.5 Å². The molecule has 2 aliphatic heterocycles. The lowest BCUT2D eigenvalue weighted by Crippen LogP contribution is -2.61. The lowest BCUT2D eigenvalue weighted by molar-refractivity contribution is -0.293. The molecule has 2 saturated heterocycles. The van der Waals surface area contributed by atoms with Crippen LogP contribution in [0, 0.1) is 5.92 Å². The summed E-state index contributed by atoms with van der Waals surface area (Å²) in [7, 11) is 1.28. The molecular formula is C14H26O10. The van der Waals surface area contributed by atoms with E-state index in [2.05, 4.69) is 0 Å². The largest absolute Gasteiger partial charge is 0.394 e. The number of aliphatic hydroxyl groups excluding tert-OH is 7. The molecule has 0 aromatic heterocycles. The van der Waals surface area contributed by atoms with Gasteiger partial charge in [0.15, 0.2) is 6.29 Å². The average Bonchev–Trinajstić information content (AvgIpc) is 2.59. The minimum Gasteiger partial charge on any atom is -0.394 e. The summed E-state index contributed by atoms with van der Waals surface area (Å²) in [5.41, 5.74) is 0. The Bertz CT molecular complexity index is 392. The summed E-state index contributed by atoms with van der Waals surface area (Å²) in [6.07, 6.45) is -11.4. The van der Waals surface area contributed by atoms with Crippen molar-refractivity contribution in [1.82, 2.24) is 0 Å². The summed E-state index contributed by atoms with van der Waals surface area (Å²) >= 11 is 0. The standard InChI is InChI=1S/C14H26O10/c1-22-14-13(21)9(17)5(7(3-15)24-14)2-6-10(18)12(20)11(19)8(4-16)23-6/h5-21H,2-4H2,1H3/t5-,6+,7-,8-,9+,10+,11-,12-,13-,14-/m1/s1. The quantitative estimate of drug-likeness (QED) is 0.258. The summed E-state index contributed by atoms with van der Waals surface area (Å²) in [5, 5.41) is 68.6. The lowest BCUT2D eigenvalue weighted by Gasteiger charge is -2.45. The third kappa shape index (κ3) is 3.73. The van der Waals surface area contributed by atoms with Crippen molar-refractivity contribution in [2.75, 3.05) is 20.3 Å². The first kappa shape index (κ1) is 19.9. The second kappa shape index (κ2) is 8.32. The second-order valence-electron chi connectivity index (χ2n) is 6.21. The van der Waals surface area contributed by atoms with Gasteiger partial charge in [-0.05, 0) is 6.42 Å². The third-order valence-corrected chi connectivity index (χ3v) is 4.76. The Balaban J connectivity index is 2.12. The predicted molar refractivity (Wildman–Crippen MR) is 76.6 cm³/mol. The zero-order valence-electron chi connectivity index (χ0n) is 13.3. The second-order valence-corrected chi connectivity index (χ2v) is 6.21. The van der Waals surface area contributed by atoms with E-state index in [1.54, 1.807) is 0 Å². The first-order chi connectivity index (χ1) is 11.3. The number of aliphatic hydroxyl groups is 7. The first-order valence-electron chi connectivity index (χ1n) is 7.81. The molecule has 0 bridgehead atoms. The molecule has 7 N–H and O–H groups in total. The van der Waals surface area contributed by atoms with E-state index in [4.69, 9.17) is 14.2 Å². The van der Waals surface area contributed by atoms with E-state index in [0.29, 0.717) is 0 Å². The SMILES string of the molecule is CO[C@@H]1O[C@H](CO)[C@@H](C[C@@H]2O[C@H](CO)[C@@H](O)[C@H](O)[C@H]2O)[C@H](O)[C@H]1O. The number of hydrogen-bond donors (Lipinski definition) is 7. The Kier molecular flexibility index (Phi) is 6.90. The van der Waals surface area contributed by atoms with Gasteiger partial charge in [0.2, 0.25) is 0 Å². The van der Waals surface area contributed by atoms with Gasteiger partial charge in [-0.15, -0.1) is 0 Å². The molecule has 2 aliphatic rings. The van der Waals surface area contributed by atoms with E-state index in [1.807, 2.05) is 0 Å². The van der Waals surface area contributed by atoms with Gasteiger partial charge in [-0.25, -0.2) is 0 Å². The smallest absolute Gasteiger partial charge is 0.186 e. The van der Waals surface area contributed by atoms with Crippen LogP contribution in [0.1, 0.15) is 6.42 Å². The van der Waals surface area contributed by atoms with Crippen LogP contribution in [0.3, 0.4) is 0 Å². The lowest BCUT2D eigenvalue weighted by atomic mass is 9.81. The maximum atomic E-state index is 10.3. The molecule has 2 fully saturated rings. The average molecular weight is 354 g/mol. The van der Waals surface area contributed by atoms with Crippen LogP contribution in [0.5, 0.6) is 0 Å². The highest BCUT2D eigenvalue weighted by molar-refractivity contribution is 4.96. The molecule has 24 heavy (non-hydrogen) atoms. The zero-order valence-corrected chi connectivity index (χ0v) is 13.3. The molecule has 0 unspecified atom stereocenters. The van der Waals surface area contributed by atoms with Crippen molar-refractivity contribution >= 4 is 0 Å². The summed E-state index contributed by atoms with van der Waals surface area (Å²) in [6.45, 7) is -1.03. The van der Waals surface area contributed by atoms with Gasteiger partial charge >= 0.3 is 0 Å². The molecule has 0 radical (unpaired) electrons. The highest BCUT2D eigenvalue weighted by Gasteiger charge is 2.49. The highest BCUT2D eigenvalue weighted by Crippen LogP contribution is 2.33. The van der Waals surface area contributed by atoms with Gasteiger partial charge in [-0.2, -0.15) is 0 Å². The van der Waals surface area contributed by atoms with Gasteiger partial charge in [0.25, 0.3) is 0 Å². The summed E-state index contributed by atoms with van der Waals surface area (Å²) in [4.78, 5) is 0. The van der Waals surface area contributed by atoms with Crippen molar-refractivity contribution < 1.29 is 50.0 Å². The van der Waals surface area contributed by atoms with Crippen molar-refractivity contribution in [2.24, 2.45) is 5.92 Å². The van der Waals surface area contributed by atoms with E-state index in [9.17, 15) is 35.7 Å². The number of rotatable bonds is 5. The van der Waals surface area contributed by atoms with Crippen molar-refractivity contribution in [1.29, 1.82) is 0 Å². The first-order valence-corrected chi connectivity index (χ1v) is 7.81. The molecule has 2 heterocycles. The fraction of sp³-hybridized carbons (Fsp3) is 1.00. The number of hydrogen-bond acceptors (Lipinski definition) is 10. The van der Waals surface area contributed by atoms with E-state index in [-0.39, 0.29) is 6.42 Å². The van der Waals surface area contributed by atoms with Crippen LogP contribution < -0.4 is 0 Å². The molecule has 2 rings (SSSR count). The molecule has 0 aliphatic carbocycles. The van der Waals surface area contributed by atoms with Gasteiger partial charge < -0.3 is 50.0 Å². The van der Waals surface area contributed by atoms with Crippen LogP contribution >= 0.6 is 0 Å². The summed E-state index contributed by atoms with van der Waals surface area (Å²) in [6, 6.07) is 0. The Morgan fingerprint density at radius 3 is 1.83 bits per heavy atom. The molecule has 142 valence electrons. The summed E-state index contributed by atoms with van der Waals surface area (Å²) in [5.74, 6) is -0.821. The zero-order chi connectivity index (χ0) is 18.0. The fourth-order valence-corrected chi connectivity index (χ4v) is 3.29. The Labute approximate surface area is 138 Å². The van der Waals surface area contributed by atoms with Crippen LogP contribution in [0.25, 0.3) is 0 Å². The fourth-order valence-electron chi connectivity index (χ4n) is 3.29. The predicted octanol–water partition coefficient (Wildman–Crippen LogP) is -4.08. The molecule has 0 spiro atoms. The van der Waals surface area contributed by atoms with E-state index in [1.165, 1.54) is 7.11 Å². The van der Waals surface area contributed by atoms with Crippen molar-refractivity contribution in [3.8, 4) is 0 Å². The van der Waals surface area contributed by atoms with Crippen LogP contribution in [-0.4, -0.2) is 111 Å². The van der Waals surface area contributed by atoms with E-state index >= 15 is 0 Å². The minimum atomic E-state index is -1.54.